The third kappa shape index (κ3) is 3.46. The lowest BCUT2D eigenvalue weighted by Crippen LogP contribution is -2.45. The highest BCUT2D eigenvalue weighted by atomic mass is 16.5. The van der Waals surface area contributed by atoms with Gasteiger partial charge in [-0.2, -0.15) is 0 Å². The largest absolute Gasteiger partial charge is 0.480 e. The monoisotopic (exact) mass is 229 g/mol. The van der Waals surface area contributed by atoms with Crippen molar-refractivity contribution in [1.82, 2.24) is 0 Å². The molecule has 4 heteroatoms. The SMILES string of the molecule is CC(C)C1CCC(CN)(OCC(=O)O)CC1. The third-order valence-corrected chi connectivity index (χ3v) is 3.76. The van der Waals surface area contributed by atoms with Crippen LogP contribution in [0.2, 0.25) is 0 Å². The zero-order chi connectivity index (χ0) is 12.2. The normalized spacial score (nSPS) is 30.6. The predicted molar refractivity (Wildman–Crippen MR) is 62.2 cm³/mol. The molecule has 0 atom stereocenters. The average Bonchev–Trinajstić information content (AvgIpc) is 2.27. The number of hydrogen-bond donors (Lipinski definition) is 2. The number of carboxylic acid groups (broad SMARTS) is 1. The Hall–Kier alpha value is -0.610. The Labute approximate surface area is 97.2 Å². The smallest absolute Gasteiger partial charge is 0.329 e. The molecule has 1 fully saturated rings. The molecule has 0 radical (unpaired) electrons. The summed E-state index contributed by atoms with van der Waals surface area (Å²) in [5.41, 5.74) is 5.34. The van der Waals surface area contributed by atoms with Crippen molar-refractivity contribution in [3.8, 4) is 0 Å². The number of carbonyl (C=O) groups is 1. The van der Waals surface area contributed by atoms with Crippen molar-refractivity contribution >= 4 is 5.97 Å². The van der Waals surface area contributed by atoms with E-state index in [1.165, 1.54) is 0 Å². The molecule has 0 aromatic carbocycles. The van der Waals surface area contributed by atoms with Gasteiger partial charge in [-0.15, -0.1) is 0 Å². The predicted octanol–water partition coefficient (Wildman–Crippen LogP) is 1.63. The summed E-state index contributed by atoms with van der Waals surface area (Å²) < 4.78 is 5.48. The van der Waals surface area contributed by atoms with Gasteiger partial charge in [0.25, 0.3) is 0 Å². The van der Waals surface area contributed by atoms with Crippen molar-refractivity contribution in [2.75, 3.05) is 13.2 Å². The van der Waals surface area contributed by atoms with E-state index in [2.05, 4.69) is 13.8 Å². The van der Waals surface area contributed by atoms with Crippen LogP contribution in [0.1, 0.15) is 39.5 Å². The highest BCUT2D eigenvalue weighted by Crippen LogP contribution is 2.37. The number of hydrogen-bond acceptors (Lipinski definition) is 3. The number of ether oxygens (including phenoxy) is 1. The van der Waals surface area contributed by atoms with Crippen LogP contribution in [0.25, 0.3) is 0 Å². The molecule has 0 bridgehead atoms. The molecule has 1 aliphatic carbocycles. The maximum Gasteiger partial charge on any atom is 0.329 e. The van der Waals surface area contributed by atoms with Crippen LogP contribution in [-0.4, -0.2) is 29.8 Å². The van der Waals surface area contributed by atoms with E-state index < -0.39 is 5.97 Å². The van der Waals surface area contributed by atoms with Crippen LogP contribution in [-0.2, 0) is 9.53 Å². The van der Waals surface area contributed by atoms with Crippen LogP contribution in [0.4, 0.5) is 0 Å². The van der Waals surface area contributed by atoms with E-state index in [9.17, 15) is 4.79 Å². The molecule has 1 aliphatic rings. The minimum atomic E-state index is -0.918. The van der Waals surface area contributed by atoms with Crippen molar-refractivity contribution in [3.05, 3.63) is 0 Å². The van der Waals surface area contributed by atoms with Gasteiger partial charge in [0.1, 0.15) is 6.61 Å². The summed E-state index contributed by atoms with van der Waals surface area (Å²) in [6.07, 6.45) is 3.96. The van der Waals surface area contributed by atoms with Gasteiger partial charge in [-0.05, 0) is 37.5 Å². The zero-order valence-electron chi connectivity index (χ0n) is 10.2. The molecule has 0 heterocycles. The number of carboxylic acids is 1. The van der Waals surface area contributed by atoms with E-state index in [-0.39, 0.29) is 12.2 Å². The second-order valence-corrected chi connectivity index (χ2v) is 5.15. The first-order valence-corrected chi connectivity index (χ1v) is 6.05. The molecule has 3 N–H and O–H groups in total. The van der Waals surface area contributed by atoms with Crippen molar-refractivity contribution in [2.24, 2.45) is 17.6 Å². The Kier molecular flexibility index (Phi) is 4.74. The zero-order valence-corrected chi connectivity index (χ0v) is 10.2. The molecule has 0 spiro atoms. The maximum atomic E-state index is 10.5. The molecule has 0 aliphatic heterocycles. The molecule has 1 rings (SSSR count). The molecule has 1 saturated carbocycles. The van der Waals surface area contributed by atoms with Crippen molar-refractivity contribution < 1.29 is 14.6 Å². The fraction of sp³-hybridized carbons (Fsp3) is 0.917. The molecular weight excluding hydrogens is 206 g/mol. The number of rotatable bonds is 5. The Balaban J connectivity index is 2.48. The Morgan fingerprint density at radius 3 is 2.44 bits per heavy atom. The minimum absolute atomic E-state index is 0.233. The molecule has 0 amide bonds. The van der Waals surface area contributed by atoms with E-state index in [4.69, 9.17) is 15.6 Å². The van der Waals surface area contributed by atoms with Crippen molar-refractivity contribution in [2.45, 2.75) is 45.1 Å². The summed E-state index contributed by atoms with van der Waals surface area (Å²) in [4.78, 5) is 10.5. The first kappa shape index (κ1) is 13.5. The number of aliphatic carboxylic acids is 1. The van der Waals surface area contributed by atoms with Gasteiger partial charge in [-0.1, -0.05) is 13.8 Å². The van der Waals surface area contributed by atoms with Gasteiger partial charge in [0.05, 0.1) is 5.60 Å². The fourth-order valence-corrected chi connectivity index (χ4v) is 2.46. The Morgan fingerprint density at radius 2 is 2.06 bits per heavy atom. The second kappa shape index (κ2) is 5.64. The molecule has 0 aromatic heterocycles. The molecule has 0 unspecified atom stereocenters. The van der Waals surface area contributed by atoms with E-state index >= 15 is 0 Å². The highest BCUT2D eigenvalue weighted by Gasteiger charge is 2.36. The summed E-state index contributed by atoms with van der Waals surface area (Å²) in [5, 5.41) is 8.63. The summed E-state index contributed by atoms with van der Waals surface area (Å²) >= 11 is 0. The van der Waals surface area contributed by atoms with E-state index in [0.29, 0.717) is 12.5 Å². The molecule has 0 aromatic rings. The third-order valence-electron chi connectivity index (χ3n) is 3.76. The van der Waals surface area contributed by atoms with Gasteiger partial charge in [0, 0.05) is 6.54 Å². The molecule has 4 nitrogen and oxygen atoms in total. The van der Waals surface area contributed by atoms with Crippen LogP contribution in [0.3, 0.4) is 0 Å². The maximum absolute atomic E-state index is 10.5. The van der Waals surface area contributed by atoms with Gasteiger partial charge in [-0.25, -0.2) is 4.79 Å². The van der Waals surface area contributed by atoms with E-state index in [0.717, 1.165) is 31.6 Å². The van der Waals surface area contributed by atoms with Crippen molar-refractivity contribution in [3.63, 3.8) is 0 Å². The average molecular weight is 229 g/mol. The highest BCUT2D eigenvalue weighted by molar-refractivity contribution is 5.68. The molecule has 0 saturated heterocycles. The van der Waals surface area contributed by atoms with Crippen molar-refractivity contribution in [1.29, 1.82) is 0 Å². The lowest BCUT2D eigenvalue weighted by molar-refractivity contribution is -0.152. The van der Waals surface area contributed by atoms with Gasteiger partial charge < -0.3 is 15.6 Å². The van der Waals surface area contributed by atoms with Gasteiger partial charge in [-0.3, -0.25) is 0 Å². The Morgan fingerprint density at radius 1 is 1.50 bits per heavy atom. The summed E-state index contributed by atoms with van der Waals surface area (Å²) in [5.74, 6) is 0.502. The second-order valence-electron chi connectivity index (χ2n) is 5.15. The van der Waals surface area contributed by atoms with Gasteiger partial charge in [0.15, 0.2) is 0 Å². The Bertz CT molecular complexity index is 232. The first-order chi connectivity index (χ1) is 7.49. The van der Waals surface area contributed by atoms with Crippen LogP contribution in [0.15, 0.2) is 0 Å². The number of nitrogens with two attached hydrogens (primary N) is 1. The van der Waals surface area contributed by atoms with Crippen LogP contribution in [0.5, 0.6) is 0 Å². The minimum Gasteiger partial charge on any atom is -0.480 e. The van der Waals surface area contributed by atoms with Gasteiger partial charge in [0.2, 0.25) is 0 Å². The lowest BCUT2D eigenvalue weighted by atomic mass is 9.74. The standard InChI is InChI=1S/C12H23NO3/c1-9(2)10-3-5-12(8-13,6-4-10)16-7-11(14)15/h9-10H,3-8,13H2,1-2H3,(H,14,15). The fourth-order valence-electron chi connectivity index (χ4n) is 2.46. The lowest BCUT2D eigenvalue weighted by Gasteiger charge is -2.40. The topological polar surface area (TPSA) is 72.5 Å². The summed E-state index contributed by atoms with van der Waals surface area (Å²) in [6.45, 7) is 4.66. The molecule has 94 valence electrons. The summed E-state index contributed by atoms with van der Waals surface area (Å²) in [7, 11) is 0. The van der Waals surface area contributed by atoms with Crippen LogP contribution in [0, 0.1) is 11.8 Å². The molecular formula is C12H23NO3. The van der Waals surface area contributed by atoms with E-state index in [1.54, 1.807) is 0 Å². The van der Waals surface area contributed by atoms with Crippen LogP contribution < -0.4 is 5.73 Å². The molecule has 16 heavy (non-hydrogen) atoms. The van der Waals surface area contributed by atoms with E-state index in [1.807, 2.05) is 0 Å². The first-order valence-electron chi connectivity index (χ1n) is 6.05. The van der Waals surface area contributed by atoms with Gasteiger partial charge >= 0.3 is 5.97 Å². The quantitative estimate of drug-likeness (QED) is 0.751. The van der Waals surface area contributed by atoms with Crippen LogP contribution >= 0.6 is 0 Å². The summed E-state index contributed by atoms with van der Waals surface area (Å²) in [6, 6.07) is 0.